The third kappa shape index (κ3) is 2.82. The number of hydrogen-bond acceptors (Lipinski definition) is 5. The van der Waals surface area contributed by atoms with Crippen molar-refractivity contribution >= 4 is 34.2 Å². The van der Waals surface area contributed by atoms with Crippen LogP contribution in [0.15, 0.2) is 16.9 Å². The Hall–Kier alpha value is -2.20. The number of thiazole rings is 1. The third-order valence-electron chi connectivity index (χ3n) is 3.25. The van der Waals surface area contributed by atoms with E-state index >= 15 is 0 Å². The molecule has 0 saturated carbocycles. The zero-order chi connectivity index (χ0) is 17.6. The highest BCUT2D eigenvalue weighted by Gasteiger charge is 2.35. The van der Waals surface area contributed by atoms with Gasteiger partial charge in [-0.25, -0.2) is 9.38 Å². The van der Waals surface area contributed by atoms with Crippen LogP contribution >= 0.6 is 22.9 Å². The lowest BCUT2D eigenvalue weighted by molar-refractivity contribution is -0.144. The van der Waals surface area contributed by atoms with E-state index in [1.54, 1.807) is 6.92 Å². The van der Waals surface area contributed by atoms with Gasteiger partial charge in [-0.05, 0) is 6.92 Å². The summed E-state index contributed by atoms with van der Waals surface area (Å²) in [6, 6.07) is 1.77. The van der Waals surface area contributed by atoms with Gasteiger partial charge < -0.3 is 0 Å². The summed E-state index contributed by atoms with van der Waals surface area (Å²) in [6.07, 6.45) is -4.10. The van der Waals surface area contributed by atoms with E-state index in [1.165, 1.54) is 0 Å². The van der Waals surface area contributed by atoms with Crippen molar-refractivity contribution in [2.45, 2.75) is 19.6 Å². The summed E-state index contributed by atoms with van der Waals surface area (Å²) in [5.74, 6) is 0. The Morgan fingerprint density at radius 3 is 2.71 bits per heavy atom. The predicted octanol–water partition coefficient (Wildman–Crippen LogP) is 2.79. The van der Waals surface area contributed by atoms with Crippen LogP contribution in [0.3, 0.4) is 0 Å². The molecule has 3 aromatic heterocycles. The third-order valence-corrected chi connectivity index (χ3v) is 4.41. The summed E-state index contributed by atoms with van der Waals surface area (Å²) in [5, 5.41) is 3.27. The molecule has 126 valence electrons. The zero-order valence-corrected chi connectivity index (χ0v) is 13.5. The Balaban J connectivity index is 2.10. The Morgan fingerprint density at radius 1 is 1.38 bits per heavy atom. The molecule has 0 amide bonds. The van der Waals surface area contributed by atoms with Crippen molar-refractivity contribution in [2.75, 3.05) is 0 Å². The van der Waals surface area contributed by atoms with Crippen molar-refractivity contribution in [2.24, 2.45) is 0 Å². The van der Waals surface area contributed by atoms with Gasteiger partial charge in [-0.3, -0.25) is 14.3 Å². The molecule has 3 rings (SSSR count). The smallest absolute Gasteiger partial charge is 0.296 e. The summed E-state index contributed by atoms with van der Waals surface area (Å²) in [7, 11) is 0. The first-order valence-corrected chi connectivity index (χ1v) is 7.68. The molecule has 0 bridgehead atoms. The molecule has 0 spiro atoms. The van der Waals surface area contributed by atoms with Crippen LogP contribution in [0, 0.1) is 6.92 Å². The van der Waals surface area contributed by atoms with Crippen molar-refractivity contribution in [1.82, 2.24) is 19.2 Å². The lowest BCUT2D eigenvalue weighted by Crippen LogP contribution is -2.20. The van der Waals surface area contributed by atoms with E-state index in [4.69, 9.17) is 11.6 Å². The largest absolute Gasteiger partial charge is 0.433 e. The molecule has 0 saturated heterocycles. The molecule has 24 heavy (non-hydrogen) atoms. The van der Waals surface area contributed by atoms with Gasteiger partial charge >= 0.3 is 6.18 Å². The maximum atomic E-state index is 13.0. The fourth-order valence-electron chi connectivity index (χ4n) is 2.25. The molecule has 0 aliphatic rings. The van der Waals surface area contributed by atoms with Crippen LogP contribution in [-0.4, -0.2) is 25.5 Å². The minimum absolute atomic E-state index is 0.0870. The molecule has 0 aliphatic heterocycles. The number of rotatable bonds is 3. The van der Waals surface area contributed by atoms with Crippen LogP contribution in [0.25, 0.3) is 4.96 Å². The second-order valence-electron chi connectivity index (χ2n) is 4.87. The highest BCUT2D eigenvalue weighted by molar-refractivity contribution is 7.17. The van der Waals surface area contributed by atoms with Crippen LogP contribution < -0.4 is 5.56 Å². The summed E-state index contributed by atoms with van der Waals surface area (Å²) in [6.45, 7) is 1.28. The average Bonchev–Trinajstić information content (AvgIpc) is 2.98. The first kappa shape index (κ1) is 16.7. The van der Waals surface area contributed by atoms with E-state index < -0.39 is 17.4 Å². The topological polar surface area (TPSA) is 69.3 Å². The standard InChI is InChI=1S/C13H8ClF3N4O2S/c1-6-8(5-22)21-11(23)2-7(18-12(21)24-6)4-20-9(13(15,16)17)3-10(14)19-20/h2-3,5H,4H2,1H3. The summed E-state index contributed by atoms with van der Waals surface area (Å²) in [4.78, 5) is 28.2. The lowest BCUT2D eigenvalue weighted by Gasteiger charge is -2.09. The Bertz CT molecular complexity index is 1010. The van der Waals surface area contributed by atoms with Crippen LogP contribution in [-0.2, 0) is 12.7 Å². The number of carbonyl (C=O) groups excluding carboxylic acids is 1. The van der Waals surface area contributed by atoms with Crippen LogP contribution in [0.5, 0.6) is 0 Å². The number of carbonyl (C=O) groups is 1. The van der Waals surface area contributed by atoms with E-state index in [0.29, 0.717) is 21.9 Å². The van der Waals surface area contributed by atoms with E-state index in [9.17, 15) is 22.8 Å². The maximum Gasteiger partial charge on any atom is 0.433 e. The van der Waals surface area contributed by atoms with Gasteiger partial charge in [0.05, 0.1) is 12.2 Å². The van der Waals surface area contributed by atoms with Gasteiger partial charge in [-0.15, -0.1) is 11.3 Å². The van der Waals surface area contributed by atoms with Gasteiger partial charge in [0, 0.05) is 17.0 Å². The maximum absolute atomic E-state index is 13.0. The molecule has 0 fully saturated rings. The first-order chi connectivity index (χ1) is 11.2. The van der Waals surface area contributed by atoms with Crippen LogP contribution in [0.1, 0.15) is 26.8 Å². The molecule has 0 atom stereocenters. The van der Waals surface area contributed by atoms with Gasteiger partial charge in [0.25, 0.3) is 5.56 Å². The molecular weight excluding hydrogens is 369 g/mol. The normalized spacial score (nSPS) is 12.0. The molecule has 0 N–H and O–H groups in total. The second-order valence-corrected chi connectivity index (χ2v) is 6.44. The monoisotopic (exact) mass is 376 g/mol. The summed E-state index contributed by atoms with van der Waals surface area (Å²) >= 11 is 6.65. The minimum atomic E-state index is -4.64. The number of aryl methyl sites for hydroxylation is 1. The van der Waals surface area contributed by atoms with Gasteiger partial charge in [0.2, 0.25) is 0 Å². The molecule has 0 unspecified atom stereocenters. The van der Waals surface area contributed by atoms with E-state index in [0.717, 1.165) is 21.8 Å². The number of halogens is 4. The van der Waals surface area contributed by atoms with Crippen LogP contribution in [0.2, 0.25) is 5.15 Å². The molecule has 11 heteroatoms. The van der Waals surface area contributed by atoms with Crippen molar-refractivity contribution in [3.05, 3.63) is 49.6 Å². The van der Waals surface area contributed by atoms with E-state index in [-0.39, 0.29) is 28.0 Å². The lowest BCUT2D eigenvalue weighted by atomic mass is 10.3. The summed E-state index contributed by atoms with van der Waals surface area (Å²) < 4.78 is 40.6. The zero-order valence-electron chi connectivity index (χ0n) is 12.0. The SMILES string of the molecule is Cc1sc2nc(Cn3nc(Cl)cc3C(F)(F)F)cc(=O)n2c1C=O. The molecule has 0 radical (unpaired) electrons. The van der Waals surface area contributed by atoms with Gasteiger partial charge in [0.15, 0.2) is 16.4 Å². The Labute approximate surface area is 141 Å². The number of aromatic nitrogens is 4. The predicted molar refractivity (Wildman–Crippen MR) is 80.8 cm³/mol. The minimum Gasteiger partial charge on any atom is -0.296 e. The second kappa shape index (κ2) is 5.71. The molecule has 3 heterocycles. The quantitative estimate of drug-likeness (QED) is 0.659. The number of nitrogens with zero attached hydrogens (tertiary/aromatic N) is 4. The molecule has 0 aromatic carbocycles. The fraction of sp³-hybridized carbons (Fsp3) is 0.231. The van der Waals surface area contributed by atoms with Gasteiger partial charge in [-0.1, -0.05) is 11.6 Å². The van der Waals surface area contributed by atoms with Crippen LogP contribution in [0.4, 0.5) is 13.2 Å². The number of fused-ring (bicyclic) bond motifs is 1. The highest BCUT2D eigenvalue weighted by Crippen LogP contribution is 2.31. The average molecular weight is 377 g/mol. The van der Waals surface area contributed by atoms with E-state index in [2.05, 4.69) is 10.1 Å². The van der Waals surface area contributed by atoms with Crippen molar-refractivity contribution in [3.63, 3.8) is 0 Å². The van der Waals surface area contributed by atoms with Crippen molar-refractivity contribution in [3.8, 4) is 0 Å². The van der Waals surface area contributed by atoms with Gasteiger partial charge in [0.1, 0.15) is 11.4 Å². The number of aldehydes is 1. The molecule has 6 nitrogen and oxygen atoms in total. The van der Waals surface area contributed by atoms with Crippen molar-refractivity contribution in [1.29, 1.82) is 0 Å². The fourth-order valence-corrected chi connectivity index (χ4v) is 3.40. The number of alkyl halides is 3. The Kier molecular flexibility index (Phi) is 3.96. The van der Waals surface area contributed by atoms with Gasteiger partial charge in [-0.2, -0.15) is 18.3 Å². The Morgan fingerprint density at radius 2 is 2.08 bits per heavy atom. The van der Waals surface area contributed by atoms with Crippen molar-refractivity contribution < 1.29 is 18.0 Å². The summed E-state index contributed by atoms with van der Waals surface area (Å²) in [5.41, 5.74) is -1.32. The molecule has 3 aromatic rings. The molecular formula is C13H8ClF3N4O2S. The first-order valence-electron chi connectivity index (χ1n) is 6.48. The molecule has 0 aliphatic carbocycles. The van der Waals surface area contributed by atoms with E-state index in [1.807, 2.05) is 0 Å². The highest BCUT2D eigenvalue weighted by atomic mass is 35.5. The number of hydrogen-bond donors (Lipinski definition) is 0.